The zero-order valence-electron chi connectivity index (χ0n) is 12.9. The van der Waals surface area contributed by atoms with Crippen LogP contribution in [0.4, 0.5) is 5.69 Å². The number of fused-ring (bicyclic) bond motifs is 5. The molecule has 5 nitrogen and oxygen atoms in total. The van der Waals surface area contributed by atoms with Crippen molar-refractivity contribution >= 4 is 35.0 Å². The molecule has 1 N–H and O–H groups in total. The molecule has 24 heavy (non-hydrogen) atoms. The highest BCUT2D eigenvalue weighted by Crippen LogP contribution is 2.52. The number of amides is 3. The van der Waals surface area contributed by atoms with Gasteiger partial charge in [-0.2, -0.15) is 0 Å². The number of carbonyl (C=O) groups excluding carboxylic acids is 3. The van der Waals surface area contributed by atoms with Gasteiger partial charge in [-0.1, -0.05) is 23.8 Å². The average molecular weight is 345 g/mol. The maximum Gasteiger partial charge on any atom is 0.233 e. The van der Waals surface area contributed by atoms with Gasteiger partial charge in [0.2, 0.25) is 17.7 Å². The Labute approximate surface area is 144 Å². The molecule has 1 aliphatic heterocycles. The molecule has 0 aromatic heterocycles. The predicted molar refractivity (Wildman–Crippen MR) is 89.1 cm³/mol. The number of benzene rings is 1. The summed E-state index contributed by atoms with van der Waals surface area (Å²) in [4.78, 5) is 38.4. The Morgan fingerprint density at radius 3 is 2.25 bits per heavy atom. The van der Waals surface area contributed by atoms with Crippen LogP contribution in [0.3, 0.4) is 0 Å². The van der Waals surface area contributed by atoms with Gasteiger partial charge in [-0.15, -0.1) is 0 Å². The van der Waals surface area contributed by atoms with Crippen LogP contribution in [0.15, 0.2) is 36.4 Å². The van der Waals surface area contributed by atoms with E-state index in [4.69, 9.17) is 11.6 Å². The van der Waals surface area contributed by atoms with Crippen LogP contribution in [0.5, 0.6) is 0 Å². The summed E-state index contributed by atoms with van der Waals surface area (Å²) in [6.07, 6.45) is 5.14. The monoisotopic (exact) mass is 344 g/mol. The molecule has 2 bridgehead atoms. The van der Waals surface area contributed by atoms with Gasteiger partial charge in [-0.3, -0.25) is 19.3 Å². The molecule has 1 heterocycles. The molecule has 0 spiro atoms. The van der Waals surface area contributed by atoms with E-state index in [2.05, 4.69) is 17.5 Å². The second kappa shape index (κ2) is 5.74. The smallest absolute Gasteiger partial charge is 0.233 e. The Balaban J connectivity index is 1.36. The molecular formula is C18H17ClN2O3. The van der Waals surface area contributed by atoms with Crippen molar-refractivity contribution in [2.45, 2.75) is 12.8 Å². The van der Waals surface area contributed by atoms with Crippen LogP contribution >= 0.6 is 11.6 Å². The van der Waals surface area contributed by atoms with E-state index >= 15 is 0 Å². The number of imide groups is 1. The molecule has 6 heteroatoms. The zero-order chi connectivity index (χ0) is 16.8. The molecule has 1 saturated carbocycles. The molecule has 1 saturated heterocycles. The van der Waals surface area contributed by atoms with Gasteiger partial charge in [0.05, 0.1) is 11.8 Å². The molecule has 2 aliphatic carbocycles. The number of hydrogen-bond acceptors (Lipinski definition) is 3. The lowest BCUT2D eigenvalue weighted by Crippen LogP contribution is -2.35. The topological polar surface area (TPSA) is 66.5 Å². The van der Waals surface area contributed by atoms with Gasteiger partial charge in [0, 0.05) is 23.7 Å². The van der Waals surface area contributed by atoms with Gasteiger partial charge in [0.1, 0.15) is 0 Å². The SMILES string of the molecule is O=C(CCN1C(=O)[C@@H]2[C@H](C1=O)[C@@H]1C=C[C@@H]2C1)Nc1ccc(Cl)cc1. The summed E-state index contributed by atoms with van der Waals surface area (Å²) in [7, 11) is 0. The Morgan fingerprint density at radius 1 is 1.08 bits per heavy atom. The standard InChI is InChI=1S/C18H17ClN2O3/c19-12-3-5-13(6-4-12)20-14(22)7-8-21-17(23)15-10-1-2-11(9-10)16(15)18(21)24/h1-6,10-11,15-16H,7-9H2,(H,20,22)/t10-,11-,15-,16+/m1/s1. The Hall–Kier alpha value is -2.14. The summed E-state index contributed by atoms with van der Waals surface area (Å²) in [6.45, 7) is 0.142. The number of anilines is 1. The van der Waals surface area contributed by atoms with Gasteiger partial charge in [-0.05, 0) is 42.5 Å². The summed E-state index contributed by atoms with van der Waals surface area (Å²) in [6, 6.07) is 6.80. The number of rotatable bonds is 4. The van der Waals surface area contributed by atoms with E-state index in [0.29, 0.717) is 10.7 Å². The minimum atomic E-state index is -0.226. The predicted octanol–water partition coefficient (Wildman–Crippen LogP) is 2.48. The van der Waals surface area contributed by atoms with Crippen LogP contribution in [-0.4, -0.2) is 29.2 Å². The van der Waals surface area contributed by atoms with Crippen LogP contribution in [0.2, 0.25) is 5.02 Å². The molecular weight excluding hydrogens is 328 g/mol. The van der Waals surface area contributed by atoms with Crippen LogP contribution in [-0.2, 0) is 14.4 Å². The highest BCUT2D eigenvalue weighted by Gasteiger charge is 2.58. The van der Waals surface area contributed by atoms with E-state index in [0.717, 1.165) is 6.42 Å². The fourth-order valence-corrected chi connectivity index (χ4v) is 4.28. The number of likely N-dealkylation sites (tertiary alicyclic amines) is 1. The fraction of sp³-hybridized carbons (Fsp3) is 0.389. The second-order valence-electron chi connectivity index (χ2n) is 6.63. The molecule has 124 valence electrons. The van der Waals surface area contributed by atoms with Crippen LogP contribution in [0, 0.1) is 23.7 Å². The lowest BCUT2D eigenvalue weighted by Gasteiger charge is -2.16. The number of nitrogens with zero attached hydrogens (tertiary/aromatic N) is 1. The van der Waals surface area contributed by atoms with Gasteiger partial charge in [-0.25, -0.2) is 0 Å². The maximum absolute atomic E-state index is 12.5. The molecule has 2 fully saturated rings. The first-order chi connectivity index (χ1) is 11.5. The number of carbonyl (C=O) groups is 3. The zero-order valence-corrected chi connectivity index (χ0v) is 13.7. The molecule has 4 atom stereocenters. The molecule has 0 unspecified atom stereocenters. The van der Waals surface area contributed by atoms with Crippen LogP contribution in [0.1, 0.15) is 12.8 Å². The first-order valence-corrected chi connectivity index (χ1v) is 8.51. The Morgan fingerprint density at radius 2 is 1.67 bits per heavy atom. The van der Waals surface area contributed by atoms with E-state index in [1.165, 1.54) is 4.90 Å². The van der Waals surface area contributed by atoms with Gasteiger partial charge in [0.15, 0.2) is 0 Å². The van der Waals surface area contributed by atoms with Crippen molar-refractivity contribution < 1.29 is 14.4 Å². The van der Waals surface area contributed by atoms with Gasteiger partial charge < -0.3 is 5.32 Å². The fourth-order valence-electron chi connectivity index (χ4n) is 4.15. The van der Waals surface area contributed by atoms with E-state index in [9.17, 15) is 14.4 Å². The average Bonchev–Trinajstić information content (AvgIpc) is 3.23. The third-order valence-corrected chi connectivity index (χ3v) is 5.50. The molecule has 3 aliphatic rings. The summed E-state index contributed by atoms with van der Waals surface area (Å²) in [5.74, 6) is -0.453. The third-order valence-electron chi connectivity index (χ3n) is 5.25. The molecule has 1 aromatic carbocycles. The Bertz CT molecular complexity index is 713. The van der Waals surface area contributed by atoms with E-state index in [1.807, 2.05) is 0 Å². The highest BCUT2D eigenvalue weighted by atomic mass is 35.5. The normalized spacial score (nSPS) is 30.1. The summed E-state index contributed by atoms with van der Waals surface area (Å²) < 4.78 is 0. The summed E-state index contributed by atoms with van der Waals surface area (Å²) in [5.41, 5.74) is 0.641. The minimum Gasteiger partial charge on any atom is -0.326 e. The first kappa shape index (κ1) is 15.4. The van der Waals surface area contributed by atoms with Crippen molar-refractivity contribution in [3.05, 3.63) is 41.4 Å². The number of hydrogen-bond donors (Lipinski definition) is 1. The Kier molecular flexibility index (Phi) is 3.68. The number of halogens is 1. The number of allylic oxidation sites excluding steroid dienone is 2. The largest absolute Gasteiger partial charge is 0.326 e. The van der Waals surface area contributed by atoms with Crippen molar-refractivity contribution in [1.82, 2.24) is 4.90 Å². The molecule has 0 radical (unpaired) electrons. The summed E-state index contributed by atoms with van der Waals surface area (Å²) in [5, 5.41) is 3.34. The van der Waals surface area contributed by atoms with Crippen molar-refractivity contribution in [1.29, 1.82) is 0 Å². The first-order valence-electron chi connectivity index (χ1n) is 8.13. The van der Waals surface area contributed by atoms with Crippen LogP contribution in [0.25, 0.3) is 0 Å². The molecule has 3 amide bonds. The lowest BCUT2D eigenvalue weighted by molar-refractivity contribution is -0.140. The highest BCUT2D eigenvalue weighted by molar-refractivity contribution is 6.30. The number of nitrogens with one attached hydrogen (secondary N) is 1. The van der Waals surface area contributed by atoms with E-state index in [1.54, 1.807) is 24.3 Å². The van der Waals surface area contributed by atoms with E-state index in [-0.39, 0.29) is 54.4 Å². The maximum atomic E-state index is 12.5. The third kappa shape index (κ3) is 2.44. The quantitative estimate of drug-likeness (QED) is 0.674. The molecule has 4 rings (SSSR count). The van der Waals surface area contributed by atoms with Crippen molar-refractivity contribution in [2.24, 2.45) is 23.7 Å². The van der Waals surface area contributed by atoms with E-state index < -0.39 is 0 Å². The van der Waals surface area contributed by atoms with Crippen molar-refractivity contribution in [2.75, 3.05) is 11.9 Å². The second-order valence-corrected chi connectivity index (χ2v) is 7.07. The lowest BCUT2D eigenvalue weighted by atomic mass is 9.85. The van der Waals surface area contributed by atoms with Crippen molar-refractivity contribution in [3.63, 3.8) is 0 Å². The van der Waals surface area contributed by atoms with Crippen molar-refractivity contribution in [3.8, 4) is 0 Å². The van der Waals surface area contributed by atoms with Gasteiger partial charge >= 0.3 is 0 Å². The minimum absolute atomic E-state index is 0.0995. The van der Waals surface area contributed by atoms with Crippen LogP contribution < -0.4 is 5.32 Å². The molecule has 1 aromatic rings. The van der Waals surface area contributed by atoms with Gasteiger partial charge in [0.25, 0.3) is 0 Å². The summed E-state index contributed by atoms with van der Waals surface area (Å²) >= 11 is 5.80.